The molecule has 1 aliphatic rings. The average Bonchev–Trinajstić information content (AvgIpc) is 2.39. The van der Waals surface area contributed by atoms with E-state index in [4.69, 9.17) is 0 Å². The van der Waals surface area contributed by atoms with Crippen LogP contribution in [0, 0.1) is 17.3 Å². The van der Waals surface area contributed by atoms with Gasteiger partial charge >= 0.3 is 0 Å². The van der Waals surface area contributed by atoms with E-state index >= 15 is 0 Å². The van der Waals surface area contributed by atoms with Crippen LogP contribution in [0.2, 0.25) is 0 Å². The molecule has 0 unspecified atom stereocenters. The molecule has 0 fully saturated rings. The van der Waals surface area contributed by atoms with E-state index < -0.39 is 0 Å². The van der Waals surface area contributed by atoms with Gasteiger partial charge in [0, 0.05) is 6.42 Å². The van der Waals surface area contributed by atoms with Crippen LogP contribution in [0.25, 0.3) is 0 Å². The van der Waals surface area contributed by atoms with Gasteiger partial charge in [0.05, 0.1) is 5.41 Å². The Balaban J connectivity index is 1.78. The Morgan fingerprint density at radius 2 is 1.22 bits per heavy atom. The molecular formula is C18H16. The first-order chi connectivity index (χ1) is 8.86. The van der Waals surface area contributed by atoms with Gasteiger partial charge in [-0.1, -0.05) is 66.6 Å². The Kier molecular flexibility index (Phi) is 2.90. The highest BCUT2D eigenvalue weighted by molar-refractivity contribution is 5.33. The van der Waals surface area contributed by atoms with Gasteiger partial charge in [-0.25, -0.2) is 0 Å². The molecule has 88 valence electrons. The molecule has 18 heavy (non-hydrogen) atoms. The van der Waals surface area contributed by atoms with E-state index in [-0.39, 0.29) is 5.41 Å². The maximum Gasteiger partial charge on any atom is 0.0503 e. The first-order valence-electron chi connectivity index (χ1n) is 6.44. The van der Waals surface area contributed by atoms with Crippen molar-refractivity contribution in [3.8, 4) is 11.8 Å². The van der Waals surface area contributed by atoms with E-state index in [1.165, 1.54) is 11.1 Å². The number of hydrogen-bond acceptors (Lipinski definition) is 0. The van der Waals surface area contributed by atoms with Crippen molar-refractivity contribution < 1.29 is 0 Å². The van der Waals surface area contributed by atoms with Crippen molar-refractivity contribution in [2.24, 2.45) is 5.41 Å². The van der Waals surface area contributed by atoms with Crippen molar-refractivity contribution in [3.05, 3.63) is 71.8 Å². The van der Waals surface area contributed by atoms with Crippen LogP contribution < -0.4 is 0 Å². The lowest BCUT2D eigenvalue weighted by molar-refractivity contribution is 0.383. The van der Waals surface area contributed by atoms with Crippen LogP contribution >= 0.6 is 0 Å². The van der Waals surface area contributed by atoms with Crippen LogP contribution in [0.5, 0.6) is 0 Å². The summed E-state index contributed by atoms with van der Waals surface area (Å²) in [7, 11) is 0. The van der Waals surface area contributed by atoms with Crippen LogP contribution in [0.3, 0.4) is 0 Å². The maximum atomic E-state index is 3.41. The molecule has 0 radical (unpaired) electrons. The number of benzene rings is 2. The van der Waals surface area contributed by atoms with E-state index in [1.807, 2.05) is 0 Å². The van der Waals surface area contributed by atoms with Gasteiger partial charge in [-0.3, -0.25) is 0 Å². The Morgan fingerprint density at radius 1 is 0.778 bits per heavy atom. The number of hydrogen-bond donors (Lipinski definition) is 0. The molecule has 0 nitrogen and oxygen atoms in total. The fourth-order valence-corrected chi connectivity index (χ4v) is 2.59. The second-order valence-electron chi connectivity index (χ2n) is 5.08. The lowest BCUT2D eigenvalue weighted by Crippen LogP contribution is -2.29. The summed E-state index contributed by atoms with van der Waals surface area (Å²) in [6.07, 6.45) is 3.16. The third-order valence-electron chi connectivity index (χ3n) is 3.55. The van der Waals surface area contributed by atoms with E-state index in [9.17, 15) is 0 Å². The Labute approximate surface area is 109 Å². The first-order valence-corrected chi connectivity index (χ1v) is 6.44. The molecule has 2 aromatic rings. The van der Waals surface area contributed by atoms with Crippen LogP contribution in [-0.2, 0) is 12.8 Å². The summed E-state index contributed by atoms with van der Waals surface area (Å²) in [5.41, 5.74) is 2.95. The summed E-state index contributed by atoms with van der Waals surface area (Å²) < 4.78 is 0. The second-order valence-corrected chi connectivity index (χ2v) is 5.08. The van der Waals surface area contributed by atoms with Gasteiger partial charge in [-0.2, -0.15) is 0 Å². The van der Waals surface area contributed by atoms with Gasteiger partial charge in [0.2, 0.25) is 0 Å². The Bertz CT molecular complexity index is 528. The van der Waals surface area contributed by atoms with Crippen molar-refractivity contribution in [3.63, 3.8) is 0 Å². The molecule has 3 rings (SSSR count). The Morgan fingerprint density at radius 3 is 1.56 bits per heavy atom. The normalized spacial score (nSPS) is 15.3. The van der Waals surface area contributed by atoms with Crippen molar-refractivity contribution >= 4 is 0 Å². The van der Waals surface area contributed by atoms with Crippen molar-refractivity contribution in [2.45, 2.75) is 19.3 Å². The van der Waals surface area contributed by atoms with Crippen molar-refractivity contribution in [1.82, 2.24) is 0 Å². The van der Waals surface area contributed by atoms with E-state index in [2.05, 4.69) is 72.5 Å². The second kappa shape index (κ2) is 4.70. The summed E-state index contributed by atoms with van der Waals surface area (Å²) in [5.74, 6) is 6.60. The third kappa shape index (κ3) is 2.31. The standard InChI is InChI=1S/C18H16/c1-3-8-16(9-4-1)14-18(12-7-13-18)15-17-10-5-2-6-11-17/h1-6,8-11H,12,14-15H2. The molecule has 0 saturated heterocycles. The van der Waals surface area contributed by atoms with Crippen LogP contribution in [0.15, 0.2) is 60.7 Å². The molecular weight excluding hydrogens is 216 g/mol. The summed E-state index contributed by atoms with van der Waals surface area (Å²) in [4.78, 5) is 0. The lowest BCUT2D eigenvalue weighted by atomic mass is 9.70. The molecule has 0 aromatic heterocycles. The molecule has 0 heterocycles. The fourth-order valence-electron chi connectivity index (χ4n) is 2.59. The molecule has 0 N–H and O–H groups in total. The summed E-state index contributed by atoms with van der Waals surface area (Å²) in [5, 5.41) is 0. The van der Waals surface area contributed by atoms with E-state index in [1.54, 1.807) is 0 Å². The summed E-state index contributed by atoms with van der Waals surface area (Å²) in [6.45, 7) is 0. The minimum Gasteiger partial charge on any atom is -0.101 e. The zero-order valence-corrected chi connectivity index (χ0v) is 10.4. The topological polar surface area (TPSA) is 0 Å². The highest BCUT2D eigenvalue weighted by atomic mass is 14.3. The molecule has 0 heteroatoms. The molecule has 1 aliphatic carbocycles. The molecule has 0 aliphatic heterocycles. The predicted octanol–water partition coefficient (Wildman–Crippen LogP) is 3.87. The summed E-state index contributed by atoms with van der Waals surface area (Å²) in [6, 6.07) is 21.4. The highest BCUT2D eigenvalue weighted by Crippen LogP contribution is 2.35. The van der Waals surface area contributed by atoms with Crippen LogP contribution in [0.4, 0.5) is 0 Å². The first kappa shape index (κ1) is 11.1. The number of rotatable bonds is 4. The zero-order chi connectivity index (χ0) is 12.3. The van der Waals surface area contributed by atoms with Gasteiger partial charge in [0.15, 0.2) is 0 Å². The van der Waals surface area contributed by atoms with Crippen LogP contribution in [0.1, 0.15) is 17.5 Å². The quantitative estimate of drug-likeness (QED) is 0.702. The van der Waals surface area contributed by atoms with Crippen molar-refractivity contribution in [1.29, 1.82) is 0 Å². The summed E-state index contributed by atoms with van der Waals surface area (Å²) >= 11 is 0. The van der Waals surface area contributed by atoms with Gasteiger partial charge in [0.1, 0.15) is 0 Å². The lowest BCUT2D eigenvalue weighted by Gasteiger charge is -2.32. The molecule has 0 spiro atoms. The smallest absolute Gasteiger partial charge is 0.0503 e. The molecule has 0 atom stereocenters. The minimum absolute atomic E-state index is 0.169. The monoisotopic (exact) mass is 232 g/mol. The highest BCUT2D eigenvalue weighted by Gasteiger charge is 2.32. The molecule has 0 bridgehead atoms. The molecule has 0 saturated carbocycles. The van der Waals surface area contributed by atoms with E-state index in [0.717, 1.165) is 19.3 Å². The molecule has 2 aromatic carbocycles. The van der Waals surface area contributed by atoms with Crippen molar-refractivity contribution in [2.75, 3.05) is 0 Å². The van der Waals surface area contributed by atoms with E-state index in [0.29, 0.717) is 0 Å². The average molecular weight is 232 g/mol. The fraction of sp³-hybridized carbons (Fsp3) is 0.222. The van der Waals surface area contributed by atoms with Gasteiger partial charge in [-0.15, -0.1) is 5.92 Å². The Hall–Kier alpha value is -2.00. The molecule has 0 amide bonds. The predicted molar refractivity (Wildman–Crippen MR) is 75.1 cm³/mol. The third-order valence-corrected chi connectivity index (χ3v) is 3.55. The zero-order valence-electron chi connectivity index (χ0n) is 10.4. The minimum atomic E-state index is 0.169. The SMILES string of the molecule is C1#CC(Cc2ccccc2)(Cc2ccccc2)C1. The largest absolute Gasteiger partial charge is 0.101 e. The van der Waals surface area contributed by atoms with Crippen LogP contribution in [-0.4, -0.2) is 0 Å². The van der Waals surface area contributed by atoms with Gasteiger partial charge in [0.25, 0.3) is 0 Å². The van der Waals surface area contributed by atoms with Gasteiger partial charge < -0.3 is 0 Å². The van der Waals surface area contributed by atoms with Gasteiger partial charge in [-0.05, 0) is 24.0 Å². The maximum absolute atomic E-state index is 3.41.